The van der Waals surface area contributed by atoms with E-state index in [1.165, 1.54) is 5.56 Å². The number of halogens is 1. The molecule has 1 saturated carbocycles. The maximum atomic E-state index is 12.9. The Morgan fingerprint density at radius 1 is 1.43 bits per heavy atom. The largest absolute Gasteiger partial charge is 0.269 e. The Bertz CT molecular complexity index is 287. The molecule has 0 bridgehead atoms. The number of aromatic nitrogens is 2. The summed E-state index contributed by atoms with van der Waals surface area (Å²) in [4.78, 5) is 0. The van der Waals surface area contributed by atoms with Gasteiger partial charge in [-0.05, 0) is 37.7 Å². The van der Waals surface area contributed by atoms with Gasteiger partial charge in [-0.3, -0.25) is 4.68 Å². The first kappa shape index (κ1) is 9.69. The van der Waals surface area contributed by atoms with Crippen molar-refractivity contribution >= 4 is 0 Å². The minimum atomic E-state index is -0.576. The van der Waals surface area contributed by atoms with Gasteiger partial charge in [-0.25, -0.2) is 4.39 Å². The van der Waals surface area contributed by atoms with Gasteiger partial charge in [0.2, 0.25) is 0 Å². The summed E-state index contributed by atoms with van der Waals surface area (Å²) in [6.45, 7) is 2.12. The molecule has 0 aliphatic heterocycles. The van der Waals surface area contributed by atoms with E-state index in [1.807, 2.05) is 10.9 Å². The van der Waals surface area contributed by atoms with Crippen LogP contribution in [0.1, 0.15) is 44.2 Å². The predicted octanol–water partition coefficient (Wildman–Crippen LogP) is 2.90. The van der Waals surface area contributed by atoms with Crippen molar-refractivity contribution in [3.63, 3.8) is 0 Å². The van der Waals surface area contributed by atoms with Crippen LogP contribution in [0.3, 0.4) is 0 Å². The van der Waals surface area contributed by atoms with Crippen molar-refractivity contribution in [1.29, 1.82) is 0 Å². The third kappa shape index (κ3) is 1.97. The van der Waals surface area contributed by atoms with Gasteiger partial charge in [0, 0.05) is 6.20 Å². The lowest BCUT2D eigenvalue weighted by molar-refractivity contribution is 0.201. The molecule has 1 aromatic rings. The van der Waals surface area contributed by atoms with Crippen LogP contribution in [0.2, 0.25) is 0 Å². The summed E-state index contributed by atoms with van der Waals surface area (Å²) >= 11 is 0. The van der Waals surface area contributed by atoms with Crippen LogP contribution < -0.4 is 0 Å². The fraction of sp³-hybridized carbons (Fsp3) is 0.727. The number of rotatable bonds is 2. The molecule has 14 heavy (non-hydrogen) atoms. The van der Waals surface area contributed by atoms with Crippen molar-refractivity contribution in [3.05, 3.63) is 18.0 Å². The van der Waals surface area contributed by atoms with Crippen molar-refractivity contribution in [2.75, 3.05) is 0 Å². The molecule has 3 heteroatoms. The zero-order valence-electron chi connectivity index (χ0n) is 8.62. The highest BCUT2D eigenvalue weighted by molar-refractivity contribution is 5.03. The van der Waals surface area contributed by atoms with Crippen LogP contribution in [0.4, 0.5) is 4.39 Å². The van der Waals surface area contributed by atoms with Crippen LogP contribution in [-0.2, 0) is 6.42 Å². The van der Waals surface area contributed by atoms with Crippen molar-refractivity contribution < 1.29 is 4.39 Å². The van der Waals surface area contributed by atoms with Gasteiger partial charge in [-0.2, -0.15) is 5.10 Å². The topological polar surface area (TPSA) is 17.8 Å². The molecule has 78 valence electrons. The minimum Gasteiger partial charge on any atom is -0.269 e. The van der Waals surface area contributed by atoms with E-state index in [4.69, 9.17) is 0 Å². The molecule has 0 amide bonds. The second-order valence-corrected chi connectivity index (χ2v) is 4.09. The lowest BCUT2D eigenvalue weighted by atomic mass is 9.94. The highest BCUT2D eigenvalue weighted by Gasteiger charge is 2.22. The molecular weight excluding hydrogens is 179 g/mol. The van der Waals surface area contributed by atoms with Gasteiger partial charge in [0.15, 0.2) is 0 Å². The Hall–Kier alpha value is -0.860. The number of hydrogen-bond acceptors (Lipinski definition) is 1. The van der Waals surface area contributed by atoms with Crippen molar-refractivity contribution in [2.45, 2.75) is 51.2 Å². The summed E-state index contributed by atoms with van der Waals surface area (Å²) in [5.41, 5.74) is 1.27. The van der Waals surface area contributed by atoms with Crippen molar-refractivity contribution in [1.82, 2.24) is 9.78 Å². The van der Waals surface area contributed by atoms with Gasteiger partial charge in [0.05, 0.1) is 12.2 Å². The quantitative estimate of drug-likeness (QED) is 0.711. The number of aryl methyl sites for hydroxylation is 1. The standard InChI is InChI=1S/C11H17FN2/c1-2-9-7-13-14(8-9)11-5-3-10(12)4-6-11/h7-8,10-11H,2-6H2,1H3. The molecule has 1 fully saturated rings. The highest BCUT2D eigenvalue weighted by Crippen LogP contribution is 2.29. The van der Waals surface area contributed by atoms with Gasteiger partial charge in [-0.1, -0.05) is 6.92 Å². The fourth-order valence-corrected chi connectivity index (χ4v) is 2.06. The summed E-state index contributed by atoms with van der Waals surface area (Å²) in [7, 11) is 0. The molecule has 1 aromatic heterocycles. The van der Waals surface area contributed by atoms with Crippen molar-refractivity contribution in [2.24, 2.45) is 0 Å². The van der Waals surface area contributed by atoms with E-state index in [1.54, 1.807) is 0 Å². The lowest BCUT2D eigenvalue weighted by Crippen LogP contribution is -2.18. The molecule has 1 aliphatic carbocycles. The first-order valence-electron chi connectivity index (χ1n) is 5.46. The monoisotopic (exact) mass is 196 g/mol. The van der Waals surface area contributed by atoms with Crippen LogP contribution in [0, 0.1) is 0 Å². The van der Waals surface area contributed by atoms with Crippen molar-refractivity contribution in [3.8, 4) is 0 Å². The molecule has 2 nitrogen and oxygen atoms in total. The molecule has 0 saturated heterocycles. The van der Waals surface area contributed by atoms with Gasteiger partial charge >= 0.3 is 0 Å². The van der Waals surface area contributed by atoms with E-state index in [9.17, 15) is 4.39 Å². The second-order valence-electron chi connectivity index (χ2n) is 4.09. The van der Waals surface area contributed by atoms with Gasteiger partial charge in [-0.15, -0.1) is 0 Å². The maximum absolute atomic E-state index is 12.9. The van der Waals surface area contributed by atoms with E-state index < -0.39 is 6.17 Å². The highest BCUT2D eigenvalue weighted by atomic mass is 19.1. The van der Waals surface area contributed by atoms with Crippen LogP contribution in [-0.4, -0.2) is 16.0 Å². The van der Waals surface area contributed by atoms with E-state index in [0.717, 1.165) is 19.3 Å². The van der Waals surface area contributed by atoms with Gasteiger partial charge < -0.3 is 0 Å². The Kier molecular flexibility index (Phi) is 2.85. The molecule has 1 heterocycles. The number of alkyl halides is 1. The maximum Gasteiger partial charge on any atom is 0.100 e. The average molecular weight is 196 g/mol. The zero-order valence-corrected chi connectivity index (χ0v) is 8.62. The molecule has 0 atom stereocenters. The third-order valence-corrected chi connectivity index (χ3v) is 3.06. The molecule has 1 aliphatic rings. The second kappa shape index (κ2) is 4.11. The Labute approximate surface area is 84.1 Å². The molecular formula is C11H17FN2. The molecule has 0 spiro atoms. The predicted molar refractivity (Wildman–Crippen MR) is 54.0 cm³/mol. The number of nitrogens with zero attached hydrogens (tertiary/aromatic N) is 2. The summed E-state index contributed by atoms with van der Waals surface area (Å²) in [6, 6.07) is 0.433. The third-order valence-electron chi connectivity index (χ3n) is 3.06. The molecule has 0 unspecified atom stereocenters. The van der Waals surface area contributed by atoms with Crippen LogP contribution in [0.5, 0.6) is 0 Å². The lowest BCUT2D eigenvalue weighted by Gasteiger charge is -2.24. The zero-order chi connectivity index (χ0) is 9.97. The van der Waals surface area contributed by atoms with E-state index >= 15 is 0 Å². The Morgan fingerprint density at radius 2 is 2.14 bits per heavy atom. The van der Waals surface area contributed by atoms with E-state index in [-0.39, 0.29) is 0 Å². The molecule has 0 radical (unpaired) electrons. The number of hydrogen-bond donors (Lipinski definition) is 0. The first-order chi connectivity index (χ1) is 6.79. The van der Waals surface area contributed by atoms with Crippen LogP contribution in [0.25, 0.3) is 0 Å². The smallest absolute Gasteiger partial charge is 0.100 e. The Morgan fingerprint density at radius 3 is 2.71 bits per heavy atom. The SMILES string of the molecule is CCc1cnn(C2CCC(F)CC2)c1. The minimum absolute atomic E-state index is 0.433. The van der Waals surface area contributed by atoms with Crippen LogP contribution in [0.15, 0.2) is 12.4 Å². The molecule has 0 N–H and O–H groups in total. The summed E-state index contributed by atoms with van der Waals surface area (Å²) in [5, 5.41) is 4.33. The Balaban J connectivity index is 2.01. The summed E-state index contributed by atoms with van der Waals surface area (Å²) in [5.74, 6) is 0. The van der Waals surface area contributed by atoms with E-state index in [2.05, 4.69) is 18.2 Å². The summed E-state index contributed by atoms with van der Waals surface area (Å²) < 4.78 is 14.9. The normalized spacial score (nSPS) is 27.9. The van der Waals surface area contributed by atoms with Gasteiger partial charge in [0.1, 0.15) is 6.17 Å². The first-order valence-corrected chi connectivity index (χ1v) is 5.46. The average Bonchev–Trinajstić information content (AvgIpc) is 2.67. The van der Waals surface area contributed by atoms with Crippen LogP contribution >= 0.6 is 0 Å². The molecule has 2 rings (SSSR count). The van der Waals surface area contributed by atoms with E-state index in [0.29, 0.717) is 18.9 Å². The fourth-order valence-electron chi connectivity index (χ4n) is 2.06. The molecule has 0 aromatic carbocycles. The van der Waals surface area contributed by atoms with Gasteiger partial charge in [0.25, 0.3) is 0 Å². The summed E-state index contributed by atoms with van der Waals surface area (Å²) in [6.07, 6.45) is 7.74.